The molecule has 4 rings (SSSR count). The Morgan fingerprint density at radius 1 is 1.24 bits per heavy atom. The van der Waals surface area contributed by atoms with Gasteiger partial charge in [-0.25, -0.2) is 13.2 Å². The fourth-order valence-electron chi connectivity index (χ4n) is 2.92. The van der Waals surface area contributed by atoms with Gasteiger partial charge in [0.2, 0.25) is 10.0 Å². The molecule has 1 saturated heterocycles. The van der Waals surface area contributed by atoms with Crippen molar-refractivity contribution in [3.63, 3.8) is 0 Å². The number of esters is 1. The number of carbonyl (C=O) groups is 1. The molecule has 152 valence electrons. The standard InChI is InChI=1S/C18H16ClN3O5S2/c19-13-6-5-12(10-15(13)29(24,25)22-7-1-2-8-22)18(23)26-11-16-20-21-17(27-16)14-4-3-9-28-14/h3-6,9-10H,1-2,7-8,11H2. The van der Waals surface area contributed by atoms with E-state index >= 15 is 0 Å². The first-order chi connectivity index (χ1) is 13.9. The topological polar surface area (TPSA) is 103 Å². The van der Waals surface area contributed by atoms with Crippen molar-refractivity contribution >= 4 is 38.9 Å². The number of hydrogen-bond acceptors (Lipinski definition) is 8. The zero-order chi connectivity index (χ0) is 20.4. The maximum absolute atomic E-state index is 12.8. The van der Waals surface area contributed by atoms with E-state index in [9.17, 15) is 13.2 Å². The zero-order valence-electron chi connectivity index (χ0n) is 15.1. The summed E-state index contributed by atoms with van der Waals surface area (Å²) < 4.78 is 37.6. The first kappa shape index (κ1) is 20.0. The first-order valence-electron chi connectivity index (χ1n) is 8.78. The summed E-state index contributed by atoms with van der Waals surface area (Å²) in [5.41, 5.74) is 0.0742. The SMILES string of the molecule is O=C(OCc1nnc(-c2cccs2)o1)c1ccc(Cl)c(S(=O)(=O)N2CCCC2)c1. The number of sulfonamides is 1. The molecule has 1 fully saturated rings. The highest BCUT2D eigenvalue weighted by Crippen LogP contribution is 2.28. The summed E-state index contributed by atoms with van der Waals surface area (Å²) in [7, 11) is -3.76. The van der Waals surface area contributed by atoms with Crippen LogP contribution in [0.25, 0.3) is 10.8 Å². The summed E-state index contributed by atoms with van der Waals surface area (Å²) in [5, 5.41) is 9.71. The number of halogens is 1. The van der Waals surface area contributed by atoms with Crippen LogP contribution < -0.4 is 0 Å². The largest absolute Gasteiger partial charge is 0.452 e. The summed E-state index contributed by atoms with van der Waals surface area (Å²) in [6.45, 7) is 0.655. The second kappa shape index (κ2) is 8.23. The molecule has 29 heavy (non-hydrogen) atoms. The third-order valence-electron chi connectivity index (χ3n) is 4.38. The molecule has 3 heterocycles. The molecule has 3 aromatic rings. The molecule has 0 N–H and O–H groups in total. The Morgan fingerprint density at radius 3 is 2.76 bits per heavy atom. The van der Waals surface area contributed by atoms with Gasteiger partial charge in [0.15, 0.2) is 6.61 Å². The minimum Gasteiger partial charge on any atom is -0.452 e. The van der Waals surface area contributed by atoms with Gasteiger partial charge in [0.1, 0.15) is 4.90 Å². The lowest BCUT2D eigenvalue weighted by atomic mass is 10.2. The van der Waals surface area contributed by atoms with E-state index in [1.807, 2.05) is 17.5 Å². The molecule has 0 bridgehead atoms. The molecule has 0 saturated carbocycles. The van der Waals surface area contributed by atoms with E-state index < -0.39 is 16.0 Å². The molecule has 8 nitrogen and oxygen atoms in total. The number of rotatable bonds is 6. The molecule has 0 atom stereocenters. The van der Waals surface area contributed by atoms with Crippen molar-refractivity contribution in [3.8, 4) is 10.8 Å². The summed E-state index contributed by atoms with van der Waals surface area (Å²) in [4.78, 5) is 13.1. The van der Waals surface area contributed by atoms with E-state index in [1.54, 1.807) is 0 Å². The van der Waals surface area contributed by atoms with E-state index in [0.717, 1.165) is 17.7 Å². The highest BCUT2D eigenvalue weighted by Gasteiger charge is 2.30. The molecule has 11 heteroatoms. The van der Waals surface area contributed by atoms with Crippen molar-refractivity contribution in [2.75, 3.05) is 13.1 Å². The van der Waals surface area contributed by atoms with Crippen molar-refractivity contribution < 1.29 is 22.4 Å². The van der Waals surface area contributed by atoms with Gasteiger partial charge in [-0.15, -0.1) is 21.5 Å². The van der Waals surface area contributed by atoms with Gasteiger partial charge in [0.25, 0.3) is 11.8 Å². The van der Waals surface area contributed by atoms with Crippen LogP contribution in [0.3, 0.4) is 0 Å². The van der Waals surface area contributed by atoms with Crippen molar-refractivity contribution in [2.24, 2.45) is 0 Å². The molecular weight excluding hydrogens is 438 g/mol. The Bertz CT molecular complexity index is 1120. The van der Waals surface area contributed by atoms with E-state index in [-0.39, 0.29) is 28.0 Å². The van der Waals surface area contributed by atoms with Gasteiger partial charge in [0, 0.05) is 13.1 Å². The van der Waals surface area contributed by atoms with Gasteiger partial charge in [-0.3, -0.25) is 0 Å². The number of aromatic nitrogens is 2. The van der Waals surface area contributed by atoms with Crippen LogP contribution in [0.15, 0.2) is 45.0 Å². The molecule has 0 spiro atoms. The smallest absolute Gasteiger partial charge is 0.338 e. The number of ether oxygens (including phenoxy) is 1. The molecule has 0 unspecified atom stereocenters. The normalized spacial score (nSPS) is 14.9. The number of benzene rings is 1. The molecule has 0 radical (unpaired) electrons. The molecule has 2 aromatic heterocycles. The molecular formula is C18H16ClN3O5S2. The predicted octanol–water partition coefficient (Wildman–Crippen LogP) is 3.59. The fraction of sp³-hybridized carbons (Fsp3) is 0.278. The Morgan fingerprint density at radius 2 is 2.03 bits per heavy atom. The highest BCUT2D eigenvalue weighted by molar-refractivity contribution is 7.89. The lowest BCUT2D eigenvalue weighted by Gasteiger charge is -2.17. The van der Waals surface area contributed by atoms with Crippen LogP contribution in [-0.4, -0.2) is 42.0 Å². The summed E-state index contributed by atoms with van der Waals surface area (Å²) in [6, 6.07) is 7.73. The zero-order valence-corrected chi connectivity index (χ0v) is 17.5. The molecule has 1 aliphatic heterocycles. The van der Waals surface area contributed by atoms with Crippen LogP contribution in [0.5, 0.6) is 0 Å². The van der Waals surface area contributed by atoms with Crippen LogP contribution in [0.4, 0.5) is 0 Å². The van der Waals surface area contributed by atoms with Crippen LogP contribution in [0, 0.1) is 0 Å². The summed E-state index contributed by atoms with van der Waals surface area (Å²) >= 11 is 7.55. The second-order valence-electron chi connectivity index (χ2n) is 6.31. The third kappa shape index (κ3) is 4.20. The lowest BCUT2D eigenvalue weighted by Crippen LogP contribution is -2.28. The highest BCUT2D eigenvalue weighted by atomic mass is 35.5. The van der Waals surface area contributed by atoms with Crippen LogP contribution >= 0.6 is 22.9 Å². The first-order valence-corrected chi connectivity index (χ1v) is 11.5. The molecule has 0 amide bonds. The monoisotopic (exact) mass is 453 g/mol. The second-order valence-corrected chi connectivity index (χ2v) is 9.57. The maximum atomic E-state index is 12.8. The van der Waals surface area contributed by atoms with Crippen molar-refractivity contribution in [1.29, 1.82) is 0 Å². The van der Waals surface area contributed by atoms with E-state index in [2.05, 4.69) is 10.2 Å². The predicted molar refractivity (Wildman–Crippen MR) is 106 cm³/mol. The van der Waals surface area contributed by atoms with E-state index in [1.165, 1.54) is 33.8 Å². The summed E-state index contributed by atoms with van der Waals surface area (Å²) in [5.74, 6) is -0.229. The lowest BCUT2D eigenvalue weighted by molar-refractivity contribution is 0.0438. The number of thiophene rings is 1. The van der Waals surface area contributed by atoms with Gasteiger partial charge in [-0.05, 0) is 42.5 Å². The third-order valence-corrected chi connectivity index (χ3v) is 7.61. The van der Waals surface area contributed by atoms with Crippen molar-refractivity contribution in [2.45, 2.75) is 24.3 Å². The number of hydrogen-bond donors (Lipinski definition) is 0. The van der Waals surface area contributed by atoms with Crippen LogP contribution in [0.2, 0.25) is 5.02 Å². The molecule has 1 aromatic carbocycles. The molecule has 0 aliphatic carbocycles. The van der Waals surface area contributed by atoms with E-state index in [4.69, 9.17) is 20.8 Å². The number of nitrogens with zero attached hydrogens (tertiary/aromatic N) is 3. The van der Waals surface area contributed by atoms with E-state index in [0.29, 0.717) is 19.0 Å². The van der Waals surface area contributed by atoms with Gasteiger partial charge in [0.05, 0.1) is 15.5 Å². The quantitative estimate of drug-likeness (QED) is 0.525. The van der Waals surface area contributed by atoms with Crippen LogP contribution in [0.1, 0.15) is 29.1 Å². The molecule has 1 aliphatic rings. The Labute approximate surface area is 176 Å². The summed E-state index contributed by atoms with van der Waals surface area (Å²) in [6.07, 6.45) is 1.60. The minimum atomic E-state index is -3.76. The van der Waals surface area contributed by atoms with Gasteiger partial charge < -0.3 is 9.15 Å². The number of carbonyl (C=O) groups excluding carboxylic acids is 1. The Kier molecular flexibility index (Phi) is 5.68. The Hall–Kier alpha value is -2.27. The average molecular weight is 454 g/mol. The van der Waals surface area contributed by atoms with Crippen LogP contribution in [-0.2, 0) is 21.4 Å². The van der Waals surface area contributed by atoms with Crippen molar-refractivity contribution in [1.82, 2.24) is 14.5 Å². The fourth-order valence-corrected chi connectivity index (χ4v) is 5.58. The average Bonchev–Trinajstić information content (AvgIpc) is 3.48. The van der Waals surface area contributed by atoms with Gasteiger partial charge in [-0.1, -0.05) is 17.7 Å². The van der Waals surface area contributed by atoms with Gasteiger partial charge in [-0.2, -0.15) is 4.31 Å². The van der Waals surface area contributed by atoms with Gasteiger partial charge >= 0.3 is 5.97 Å². The Balaban J connectivity index is 1.48. The minimum absolute atomic E-state index is 0.0611. The maximum Gasteiger partial charge on any atom is 0.338 e. The van der Waals surface area contributed by atoms with Crippen molar-refractivity contribution in [3.05, 3.63) is 52.2 Å².